The third-order valence-corrected chi connectivity index (χ3v) is 3.89. The van der Waals surface area contributed by atoms with E-state index < -0.39 is 4.84 Å². The molecule has 1 atom stereocenters. The Kier molecular flexibility index (Phi) is 3.56. The van der Waals surface area contributed by atoms with Crippen LogP contribution in [0.2, 0.25) is 0 Å². The fourth-order valence-corrected chi connectivity index (χ4v) is 2.94. The summed E-state index contributed by atoms with van der Waals surface area (Å²) >= 11 is 11.3. The van der Waals surface area contributed by atoms with E-state index in [1.54, 1.807) is 0 Å². The molecule has 0 aromatic carbocycles. The molecular weight excluding hydrogens is 237 g/mol. The largest absolute Gasteiger partial charge is 0.296 e. The molecule has 2 aliphatic rings. The van der Waals surface area contributed by atoms with Crippen molar-refractivity contribution in [3.8, 4) is 0 Å². The van der Waals surface area contributed by atoms with E-state index in [0.717, 1.165) is 25.7 Å². The van der Waals surface area contributed by atoms with Crippen LogP contribution in [-0.2, 0) is 9.63 Å². The van der Waals surface area contributed by atoms with Crippen LogP contribution in [0.4, 0.5) is 0 Å². The molecule has 5 heteroatoms. The minimum Gasteiger partial charge on any atom is -0.296 e. The first-order chi connectivity index (χ1) is 7.16. The number of hydroxylamine groups is 1. The van der Waals surface area contributed by atoms with Gasteiger partial charge in [-0.1, -0.05) is 42.5 Å². The third kappa shape index (κ3) is 2.16. The van der Waals surface area contributed by atoms with E-state index in [9.17, 15) is 4.79 Å². The molecule has 0 radical (unpaired) electrons. The predicted molar refractivity (Wildman–Crippen MR) is 58.9 cm³/mol. The number of carbonyl (C=O) groups excluding carboxylic acids is 1. The van der Waals surface area contributed by atoms with E-state index in [4.69, 9.17) is 28.0 Å². The predicted octanol–water partition coefficient (Wildman–Crippen LogP) is 2.21. The standard InChI is InChI=1S/C10H15Cl2NO2/c11-9(12)8(14)7-6-13-15-10(7)4-2-1-3-5-10/h7,9,13H,1-6H2. The van der Waals surface area contributed by atoms with E-state index in [1.807, 2.05) is 0 Å². The van der Waals surface area contributed by atoms with Gasteiger partial charge in [0.2, 0.25) is 0 Å². The normalized spacial score (nSPS) is 29.9. The zero-order valence-electron chi connectivity index (χ0n) is 8.47. The molecule has 1 unspecified atom stereocenters. The molecule has 2 fully saturated rings. The Morgan fingerprint density at radius 2 is 2.00 bits per heavy atom. The van der Waals surface area contributed by atoms with Gasteiger partial charge in [0, 0.05) is 6.54 Å². The zero-order valence-corrected chi connectivity index (χ0v) is 9.98. The van der Waals surface area contributed by atoms with Crippen molar-refractivity contribution < 1.29 is 9.63 Å². The van der Waals surface area contributed by atoms with Crippen LogP contribution in [0.3, 0.4) is 0 Å². The van der Waals surface area contributed by atoms with Gasteiger partial charge in [0.15, 0.2) is 10.6 Å². The first kappa shape index (κ1) is 11.6. The molecule has 0 bridgehead atoms. The van der Waals surface area contributed by atoms with Crippen molar-refractivity contribution in [2.45, 2.75) is 42.5 Å². The Balaban J connectivity index is 2.13. The lowest BCUT2D eigenvalue weighted by Crippen LogP contribution is -2.43. The lowest BCUT2D eigenvalue weighted by atomic mass is 9.75. The summed E-state index contributed by atoms with van der Waals surface area (Å²) in [6.07, 6.45) is 5.30. The summed E-state index contributed by atoms with van der Waals surface area (Å²) in [5.41, 5.74) is 2.49. The number of Topliss-reactive ketones (excluding diaryl/α,β-unsaturated/α-hetero) is 1. The molecule has 1 spiro atoms. The number of ketones is 1. The number of hydrogen-bond acceptors (Lipinski definition) is 3. The molecule has 1 heterocycles. The van der Waals surface area contributed by atoms with Crippen molar-refractivity contribution in [3.63, 3.8) is 0 Å². The highest BCUT2D eigenvalue weighted by atomic mass is 35.5. The molecular formula is C10H15Cl2NO2. The zero-order chi connectivity index (χ0) is 10.9. The van der Waals surface area contributed by atoms with Gasteiger partial charge in [-0.2, -0.15) is 0 Å². The van der Waals surface area contributed by atoms with Crippen LogP contribution in [0.1, 0.15) is 32.1 Å². The first-order valence-corrected chi connectivity index (χ1v) is 6.26. The molecule has 0 amide bonds. The smallest absolute Gasteiger partial charge is 0.173 e. The van der Waals surface area contributed by atoms with Gasteiger partial charge < -0.3 is 0 Å². The maximum atomic E-state index is 11.8. The van der Waals surface area contributed by atoms with Crippen LogP contribution in [0.5, 0.6) is 0 Å². The number of rotatable bonds is 2. The van der Waals surface area contributed by atoms with Crippen LogP contribution < -0.4 is 5.48 Å². The lowest BCUT2D eigenvalue weighted by molar-refractivity contribution is -0.133. The van der Waals surface area contributed by atoms with Crippen molar-refractivity contribution in [1.29, 1.82) is 0 Å². The summed E-state index contributed by atoms with van der Waals surface area (Å²) in [5.74, 6) is -0.289. The summed E-state index contributed by atoms with van der Waals surface area (Å²) in [6, 6.07) is 0. The highest BCUT2D eigenvalue weighted by molar-refractivity contribution is 6.54. The van der Waals surface area contributed by atoms with Crippen LogP contribution in [-0.4, -0.2) is 22.8 Å². The van der Waals surface area contributed by atoms with Crippen molar-refractivity contribution in [1.82, 2.24) is 5.48 Å². The second kappa shape index (κ2) is 4.58. The fraction of sp³-hybridized carbons (Fsp3) is 0.900. The van der Waals surface area contributed by atoms with E-state index in [1.165, 1.54) is 6.42 Å². The van der Waals surface area contributed by atoms with Crippen molar-refractivity contribution >= 4 is 29.0 Å². The topological polar surface area (TPSA) is 38.3 Å². The highest BCUT2D eigenvalue weighted by Crippen LogP contribution is 2.41. The van der Waals surface area contributed by atoms with Gasteiger partial charge in [-0.15, -0.1) is 0 Å². The Morgan fingerprint density at radius 1 is 1.33 bits per heavy atom. The van der Waals surface area contributed by atoms with E-state index >= 15 is 0 Å². The van der Waals surface area contributed by atoms with Crippen LogP contribution in [0, 0.1) is 5.92 Å². The highest BCUT2D eigenvalue weighted by Gasteiger charge is 2.49. The van der Waals surface area contributed by atoms with E-state index in [2.05, 4.69) is 5.48 Å². The van der Waals surface area contributed by atoms with Crippen molar-refractivity contribution in [3.05, 3.63) is 0 Å². The number of hydrogen-bond donors (Lipinski definition) is 1. The van der Waals surface area contributed by atoms with Crippen molar-refractivity contribution in [2.24, 2.45) is 5.92 Å². The SMILES string of the molecule is O=C(C(Cl)Cl)C1CNOC12CCCCC2. The van der Waals surface area contributed by atoms with Crippen LogP contribution in [0.25, 0.3) is 0 Å². The molecule has 86 valence electrons. The maximum absolute atomic E-state index is 11.8. The third-order valence-electron chi connectivity index (χ3n) is 3.46. The molecule has 1 N–H and O–H groups in total. The second-order valence-electron chi connectivity index (χ2n) is 4.33. The molecule has 1 aliphatic heterocycles. The van der Waals surface area contributed by atoms with Gasteiger partial charge in [0.25, 0.3) is 0 Å². The average Bonchev–Trinajstić information content (AvgIpc) is 2.61. The molecule has 1 aliphatic carbocycles. The number of carbonyl (C=O) groups is 1. The van der Waals surface area contributed by atoms with Gasteiger partial charge in [-0.3, -0.25) is 9.63 Å². The van der Waals surface area contributed by atoms with Crippen LogP contribution in [0.15, 0.2) is 0 Å². The molecule has 3 nitrogen and oxygen atoms in total. The average molecular weight is 252 g/mol. The first-order valence-electron chi connectivity index (χ1n) is 5.38. The lowest BCUT2D eigenvalue weighted by Gasteiger charge is -2.35. The summed E-state index contributed by atoms with van der Waals surface area (Å²) < 4.78 is 0. The van der Waals surface area contributed by atoms with Gasteiger partial charge in [-0.25, -0.2) is 5.48 Å². The monoisotopic (exact) mass is 251 g/mol. The fourth-order valence-electron chi connectivity index (χ4n) is 2.64. The summed E-state index contributed by atoms with van der Waals surface area (Å²) in [7, 11) is 0. The number of alkyl halides is 2. The van der Waals surface area contributed by atoms with Gasteiger partial charge in [0.1, 0.15) is 5.60 Å². The Morgan fingerprint density at radius 3 is 2.60 bits per heavy atom. The van der Waals surface area contributed by atoms with Gasteiger partial charge in [-0.05, 0) is 12.8 Å². The minimum absolute atomic E-state index is 0.106. The minimum atomic E-state index is -0.933. The molecule has 0 aromatic heterocycles. The maximum Gasteiger partial charge on any atom is 0.173 e. The second-order valence-corrected chi connectivity index (χ2v) is 5.43. The molecule has 1 saturated heterocycles. The quantitative estimate of drug-likeness (QED) is 0.766. The number of halogens is 2. The number of nitrogens with one attached hydrogen (secondary N) is 1. The summed E-state index contributed by atoms with van der Waals surface area (Å²) in [6.45, 7) is 0.536. The Bertz CT molecular complexity index is 252. The van der Waals surface area contributed by atoms with E-state index in [0.29, 0.717) is 6.54 Å². The molecule has 1 saturated carbocycles. The summed E-state index contributed by atoms with van der Waals surface area (Å²) in [5, 5.41) is 0. The summed E-state index contributed by atoms with van der Waals surface area (Å²) in [4.78, 5) is 16.5. The van der Waals surface area contributed by atoms with Crippen LogP contribution >= 0.6 is 23.2 Å². The molecule has 2 rings (SSSR count). The van der Waals surface area contributed by atoms with Gasteiger partial charge in [0.05, 0.1) is 5.92 Å². The van der Waals surface area contributed by atoms with E-state index in [-0.39, 0.29) is 17.3 Å². The Labute approximate surface area is 99.4 Å². The van der Waals surface area contributed by atoms with Gasteiger partial charge >= 0.3 is 0 Å². The molecule has 15 heavy (non-hydrogen) atoms. The van der Waals surface area contributed by atoms with Crippen molar-refractivity contribution in [2.75, 3.05) is 6.54 Å². The molecule has 0 aromatic rings. The Hall–Kier alpha value is 0.170.